The van der Waals surface area contributed by atoms with Gasteiger partial charge in [-0.1, -0.05) is 6.08 Å². The summed E-state index contributed by atoms with van der Waals surface area (Å²) in [6, 6.07) is 2.22. The molecule has 0 radical (unpaired) electrons. The Kier molecular flexibility index (Phi) is 9.30. The summed E-state index contributed by atoms with van der Waals surface area (Å²) in [5.41, 5.74) is -2.22. The summed E-state index contributed by atoms with van der Waals surface area (Å²) in [6.45, 7) is 2.92. The van der Waals surface area contributed by atoms with Crippen LogP contribution in [0.3, 0.4) is 0 Å². The number of rotatable bonds is 12. The van der Waals surface area contributed by atoms with Gasteiger partial charge in [-0.05, 0) is 26.0 Å². The second-order valence-electron chi connectivity index (χ2n) is 7.64. The zero-order valence-electron chi connectivity index (χ0n) is 22.1. The second kappa shape index (κ2) is 12.6. The van der Waals surface area contributed by atoms with Crippen LogP contribution in [-0.4, -0.2) is 84.4 Å². The van der Waals surface area contributed by atoms with Gasteiger partial charge in [0.15, 0.2) is 0 Å². The summed E-state index contributed by atoms with van der Waals surface area (Å²) in [5, 5.41) is 10.7. The number of nitrogens with zero attached hydrogens (tertiary/aromatic N) is 4. The fourth-order valence-electron chi connectivity index (χ4n) is 3.64. The molecular weight excluding hydrogens is 520 g/mol. The first kappa shape index (κ1) is 28.7. The van der Waals surface area contributed by atoms with E-state index >= 15 is 0 Å². The third-order valence-corrected chi connectivity index (χ3v) is 5.51. The zero-order chi connectivity index (χ0) is 28.6. The molecule has 0 amide bonds. The van der Waals surface area contributed by atoms with Gasteiger partial charge in [-0.2, -0.15) is 19.9 Å². The molecule has 1 aliphatic rings. The van der Waals surface area contributed by atoms with E-state index in [1.54, 1.807) is 6.92 Å². The van der Waals surface area contributed by atoms with Crippen molar-refractivity contribution in [3.05, 3.63) is 36.1 Å². The number of aliphatic carboxylic acids is 1. The number of carboxylic acids is 1. The van der Waals surface area contributed by atoms with Crippen LogP contribution in [0.5, 0.6) is 35.5 Å². The van der Waals surface area contributed by atoms with Crippen LogP contribution >= 0.6 is 0 Å². The minimum atomic E-state index is -2.22. The number of aromatic nitrogens is 4. The Balaban J connectivity index is 2.13. The van der Waals surface area contributed by atoms with Gasteiger partial charge in [0.1, 0.15) is 18.0 Å². The molecule has 3 unspecified atom stereocenters. The molecule has 0 fully saturated rings. The molecule has 2 heterocycles. The molecule has 1 N–H and O–H groups in total. The summed E-state index contributed by atoms with van der Waals surface area (Å²) in [7, 11) is 5.49. The minimum absolute atomic E-state index is 0.000455. The molecular formula is C24H28N4O11. The maximum atomic E-state index is 13.1. The molecule has 210 valence electrons. The third kappa shape index (κ3) is 6.19. The summed E-state index contributed by atoms with van der Waals surface area (Å²) < 4.78 is 42.6. The summed E-state index contributed by atoms with van der Waals surface area (Å²) in [4.78, 5) is 41.8. The molecule has 15 heteroatoms. The summed E-state index contributed by atoms with van der Waals surface area (Å²) in [6.07, 6.45) is 0.304. The van der Waals surface area contributed by atoms with Gasteiger partial charge in [0.25, 0.3) is 0 Å². The average Bonchev–Trinajstić information content (AvgIpc) is 2.92. The number of methoxy groups -OCH3 is 4. The molecule has 1 aliphatic carbocycles. The standard InChI is InChI=1S/C24H28N4O11/c1-7-36-23(31)37-13(2)24(20(29)30)14(38-21-25-16(32-3)11-17(26-21)33-4)9-8-10-15(24)39-22-27-18(34-5)12-19(28-22)35-6/h8-14H,7H2,1-6H3,(H,29,30). The quantitative estimate of drug-likeness (QED) is 0.381. The number of allylic oxidation sites excluding steroid dienone is 2. The summed E-state index contributed by atoms with van der Waals surface area (Å²) in [5.74, 6) is -1.36. The first-order valence-corrected chi connectivity index (χ1v) is 11.5. The van der Waals surface area contributed by atoms with Crippen LogP contribution in [-0.2, 0) is 14.3 Å². The first-order chi connectivity index (χ1) is 18.7. The van der Waals surface area contributed by atoms with Crippen molar-refractivity contribution < 1.29 is 52.6 Å². The van der Waals surface area contributed by atoms with Crippen LogP contribution in [0.1, 0.15) is 13.8 Å². The van der Waals surface area contributed by atoms with Crippen LogP contribution in [0.4, 0.5) is 4.79 Å². The molecule has 0 bridgehead atoms. The predicted molar refractivity (Wildman–Crippen MR) is 130 cm³/mol. The number of hydrogen-bond donors (Lipinski definition) is 1. The van der Waals surface area contributed by atoms with E-state index in [4.69, 9.17) is 37.9 Å². The molecule has 0 saturated heterocycles. The van der Waals surface area contributed by atoms with Crippen molar-refractivity contribution in [2.24, 2.45) is 5.41 Å². The molecule has 15 nitrogen and oxygen atoms in total. The van der Waals surface area contributed by atoms with E-state index in [0.29, 0.717) is 0 Å². The monoisotopic (exact) mass is 548 g/mol. The highest BCUT2D eigenvalue weighted by molar-refractivity contribution is 5.82. The molecule has 0 saturated carbocycles. The molecule has 2 aromatic heterocycles. The molecule has 0 aromatic carbocycles. The fourth-order valence-corrected chi connectivity index (χ4v) is 3.64. The van der Waals surface area contributed by atoms with Gasteiger partial charge in [-0.15, -0.1) is 0 Å². The Bertz CT molecular complexity index is 1210. The maximum absolute atomic E-state index is 13.1. The number of carboxylic acid groups (broad SMARTS) is 1. The van der Waals surface area contributed by atoms with Crippen LogP contribution in [0.2, 0.25) is 0 Å². The Morgan fingerprint density at radius 1 is 0.923 bits per heavy atom. The van der Waals surface area contributed by atoms with Crippen molar-refractivity contribution in [3.8, 4) is 35.5 Å². The lowest BCUT2D eigenvalue weighted by Gasteiger charge is -2.40. The van der Waals surface area contributed by atoms with Crippen molar-refractivity contribution in [1.29, 1.82) is 0 Å². The van der Waals surface area contributed by atoms with Crippen LogP contribution < -0.4 is 28.4 Å². The molecule has 3 rings (SSSR count). The number of carbonyl (C=O) groups is 2. The van der Waals surface area contributed by atoms with Crippen molar-refractivity contribution in [2.75, 3.05) is 35.0 Å². The smallest absolute Gasteiger partial charge is 0.481 e. The lowest BCUT2D eigenvalue weighted by atomic mass is 9.72. The molecule has 2 aromatic rings. The molecule has 0 spiro atoms. The van der Waals surface area contributed by atoms with Gasteiger partial charge in [-0.25, -0.2) is 4.79 Å². The highest BCUT2D eigenvalue weighted by Crippen LogP contribution is 2.43. The number of ether oxygens (including phenoxy) is 8. The normalized spacial score (nSPS) is 18.7. The van der Waals surface area contributed by atoms with Crippen LogP contribution in [0.15, 0.2) is 36.1 Å². The van der Waals surface area contributed by atoms with Gasteiger partial charge in [-0.3, -0.25) is 4.79 Å². The first-order valence-electron chi connectivity index (χ1n) is 11.5. The van der Waals surface area contributed by atoms with E-state index in [1.165, 1.54) is 65.7 Å². The average molecular weight is 549 g/mol. The lowest BCUT2D eigenvalue weighted by molar-refractivity contribution is -0.162. The van der Waals surface area contributed by atoms with Gasteiger partial charge < -0.3 is 43.0 Å². The fraction of sp³-hybridized carbons (Fsp3) is 0.417. The van der Waals surface area contributed by atoms with E-state index in [2.05, 4.69) is 19.9 Å². The zero-order valence-corrected chi connectivity index (χ0v) is 22.1. The van der Waals surface area contributed by atoms with E-state index in [-0.39, 0.29) is 47.9 Å². The predicted octanol–water partition coefficient (Wildman–Crippen LogP) is 2.21. The largest absolute Gasteiger partial charge is 0.508 e. The van der Waals surface area contributed by atoms with Gasteiger partial charge in [0.05, 0.1) is 47.2 Å². The molecule has 0 aliphatic heterocycles. The van der Waals surface area contributed by atoms with E-state index in [9.17, 15) is 14.7 Å². The summed E-state index contributed by atoms with van der Waals surface area (Å²) >= 11 is 0. The molecule has 3 atom stereocenters. The van der Waals surface area contributed by atoms with Crippen LogP contribution in [0.25, 0.3) is 0 Å². The van der Waals surface area contributed by atoms with E-state index in [1.807, 2.05) is 0 Å². The third-order valence-electron chi connectivity index (χ3n) is 5.51. The Labute approximate surface area is 223 Å². The van der Waals surface area contributed by atoms with E-state index < -0.39 is 29.7 Å². The van der Waals surface area contributed by atoms with Crippen LogP contribution in [0, 0.1) is 5.41 Å². The second-order valence-corrected chi connectivity index (χ2v) is 7.64. The van der Waals surface area contributed by atoms with Crippen molar-refractivity contribution in [1.82, 2.24) is 19.9 Å². The topological polar surface area (TPSA) is 180 Å². The van der Waals surface area contributed by atoms with Crippen molar-refractivity contribution in [3.63, 3.8) is 0 Å². The SMILES string of the molecule is CCOC(=O)OC(C)C1(C(=O)O)C(Oc2nc(OC)cc(OC)n2)=CC=CC1Oc1nc(OC)cc(OC)n1. The number of carbonyl (C=O) groups excluding carboxylic acids is 1. The highest BCUT2D eigenvalue weighted by Gasteiger charge is 2.59. The van der Waals surface area contributed by atoms with Gasteiger partial charge in [0.2, 0.25) is 28.9 Å². The van der Waals surface area contributed by atoms with E-state index in [0.717, 1.165) is 0 Å². The molecule has 39 heavy (non-hydrogen) atoms. The maximum Gasteiger partial charge on any atom is 0.508 e. The van der Waals surface area contributed by atoms with Gasteiger partial charge in [0, 0.05) is 0 Å². The number of hydrogen-bond acceptors (Lipinski definition) is 14. The Hall–Kier alpha value is -4.82. The Morgan fingerprint density at radius 2 is 1.44 bits per heavy atom. The Morgan fingerprint density at radius 3 is 1.90 bits per heavy atom. The highest BCUT2D eigenvalue weighted by atomic mass is 16.7. The van der Waals surface area contributed by atoms with Crippen molar-refractivity contribution >= 4 is 12.1 Å². The van der Waals surface area contributed by atoms with Gasteiger partial charge >= 0.3 is 24.1 Å². The van der Waals surface area contributed by atoms with Crippen molar-refractivity contribution in [2.45, 2.75) is 26.1 Å². The minimum Gasteiger partial charge on any atom is -0.481 e. The lowest BCUT2D eigenvalue weighted by Crippen LogP contribution is -2.56.